The Morgan fingerprint density at radius 2 is 1.90 bits per heavy atom. The molecule has 1 aromatic heterocycles. The van der Waals surface area contributed by atoms with Crippen LogP contribution in [0.3, 0.4) is 0 Å². The molecule has 0 unspecified atom stereocenters. The molecule has 1 aliphatic carbocycles. The highest BCUT2D eigenvalue weighted by molar-refractivity contribution is 6.10. The highest BCUT2D eigenvalue weighted by atomic mass is 16.5. The fraction of sp³-hybridized carbons (Fsp3) is 0.500. The lowest BCUT2D eigenvalue weighted by atomic mass is 9.91. The maximum absolute atomic E-state index is 11.4. The third kappa shape index (κ3) is 6.71. The molecule has 1 aromatic carbocycles. The number of nitrogens with zero attached hydrogens (tertiary/aromatic N) is 4. The van der Waals surface area contributed by atoms with E-state index >= 15 is 0 Å². The molecule has 0 saturated heterocycles. The largest absolute Gasteiger partial charge is 0.399 e. The number of amides is 1. The van der Waals surface area contributed by atoms with E-state index in [2.05, 4.69) is 30.6 Å². The van der Waals surface area contributed by atoms with Crippen LogP contribution in [0.4, 0.5) is 11.4 Å². The summed E-state index contributed by atoms with van der Waals surface area (Å²) in [7, 11) is 0. The van der Waals surface area contributed by atoms with Crippen molar-refractivity contribution in [1.82, 2.24) is 15.3 Å². The maximum atomic E-state index is 11.4. The van der Waals surface area contributed by atoms with E-state index < -0.39 is 0 Å². The van der Waals surface area contributed by atoms with Crippen molar-refractivity contribution in [2.24, 2.45) is 9.98 Å². The number of benzene rings is 1. The maximum Gasteiger partial charge on any atom is 0.232 e. The molecule has 1 amide bonds. The molecule has 2 aliphatic rings. The topological polar surface area (TPSA) is 127 Å². The van der Waals surface area contributed by atoms with Gasteiger partial charge in [-0.05, 0) is 51.7 Å². The van der Waals surface area contributed by atoms with Gasteiger partial charge in [-0.3, -0.25) is 19.8 Å². The fourth-order valence-electron chi connectivity index (χ4n) is 3.69. The van der Waals surface area contributed by atoms with Gasteiger partial charge in [0.15, 0.2) is 0 Å². The first-order valence-corrected chi connectivity index (χ1v) is 10.8. The molecular weight excluding hydrogens is 394 g/mol. The van der Waals surface area contributed by atoms with E-state index in [1.54, 1.807) is 12.4 Å². The van der Waals surface area contributed by atoms with Gasteiger partial charge in [0.1, 0.15) is 11.4 Å². The number of nitrogens with two attached hydrogens (primary N) is 1. The lowest BCUT2D eigenvalue weighted by molar-refractivity contribution is -0.118. The third-order valence-electron chi connectivity index (χ3n) is 5.15. The molecule has 2 heterocycles. The number of fused-ring (bicyclic) bond motifs is 1. The number of rotatable bonds is 5. The van der Waals surface area contributed by atoms with Crippen LogP contribution in [-0.2, 0) is 9.53 Å². The van der Waals surface area contributed by atoms with Crippen molar-refractivity contribution in [2.45, 2.75) is 58.0 Å². The summed E-state index contributed by atoms with van der Waals surface area (Å²) >= 11 is 0. The fourth-order valence-corrected chi connectivity index (χ4v) is 3.69. The van der Waals surface area contributed by atoms with Crippen LogP contribution >= 0.6 is 0 Å². The third-order valence-corrected chi connectivity index (χ3v) is 5.15. The summed E-state index contributed by atoms with van der Waals surface area (Å²) in [5.74, 6) is 0.575. The number of nitrogens with one attached hydrogen (secondary N) is 2. The van der Waals surface area contributed by atoms with Crippen molar-refractivity contribution in [3.05, 3.63) is 24.5 Å². The number of aliphatic imine (C=N–C) groups is 2. The Bertz CT molecular complexity index is 935. The minimum atomic E-state index is -0.0521. The molecule has 1 fully saturated rings. The van der Waals surface area contributed by atoms with Gasteiger partial charge in [0.05, 0.1) is 30.0 Å². The van der Waals surface area contributed by atoms with Gasteiger partial charge < -0.3 is 21.1 Å². The van der Waals surface area contributed by atoms with E-state index in [1.165, 1.54) is 6.34 Å². The zero-order valence-electron chi connectivity index (χ0n) is 18.2. The van der Waals surface area contributed by atoms with Gasteiger partial charge in [-0.25, -0.2) is 4.99 Å². The molecule has 0 bridgehead atoms. The number of aromatic nitrogens is 2. The monoisotopic (exact) mass is 425 g/mol. The Hall–Kier alpha value is -3.07. The van der Waals surface area contributed by atoms with Crippen molar-refractivity contribution in [3.8, 4) is 0 Å². The normalized spacial score (nSPS) is 22.0. The number of carbonyl (C=O) groups excluding carboxylic acids is 1. The average molecular weight is 426 g/mol. The first-order valence-electron chi connectivity index (χ1n) is 10.8. The van der Waals surface area contributed by atoms with Crippen molar-refractivity contribution in [2.75, 3.05) is 24.3 Å². The summed E-state index contributed by atoms with van der Waals surface area (Å²) in [6, 6.07) is 4.32. The highest BCUT2D eigenvalue weighted by Crippen LogP contribution is 2.29. The van der Waals surface area contributed by atoms with Crippen LogP contribution in [0.5, 0.6) is 0 Å². The zero-order chi connectivity index (χ0) is 22.1. The molecule has 0 atom stereocenters. The molecule has 1 aliphatic heterocycles. The second-order valence-corrected chi connectivity index (χ2v) is 7.47. The Labute approximate surface area is 182 Å². The van der Waals surface area contributed by atoms with Crippen LogP contribution < -0.4 is 16.4 Å². The van der Waals surface area contributed by atoms with Crippen LogP contribution in [0.2, 0.25) is 0 Å². The van der Waals surface area contributed by atoms with Gasteiger partial charge >= 0.3 is 0 Å². The highest BCUT2D eigenvalue weighted by Gasteiger charge is 2.22. The molecule has 166 valence electrons. The van der Waals surface area contributed by atoms with Crippen molar-refractivity contribution >= 4 is 40.5 Å². The molecule has 9 heteroatoms. The first kappa shape index (κ1) is 22.6. The molecule has 4 N–H and O–H groups in total. The molecule has 2 aromatic rings. The lowest BCUT2D eigenvalue weighted by Crippen LogP contribution is -2.31. The molecule has 31 heavy (non-hydrogen) atoms. The summed E-state index contributed by atoms with van der Waals surface area (Å²) < 4.78 is 4.83. The Kier molecular flexibility index (Phi) is 8.28. The van der Waals surface area contributed by atoms with E-state index in [-0.39, 0.29) is 18.4 Å². The van der Waals surface area contributed by atoms with Crippen LogP contribution in [0.15, 0.2) is 34.5 Å². The SMILES string of the molecule is CCOCC.Nc1cc(NC2CCC(N=C3CC(=O)NC=N3)CC2)c2nccnc2c1. The molecule has 0 spiro atoms. The van der Waals surface area contributed by atoms with E-state index in [0.717, 1.165) is 55.6 Å². The van der Waals surface area contributed by atoms with Crippen molar-refractivity contribution in [3.63, 3.8) is 0 Å². The average Bonchev–Trinajstić information content (AvgIpc) is 2.76. The van der Waals surface area contributed by atoms with E-state index in [0.29, 0.717) is 17.6 Å². The van der Waals surface area contributed by atoms with Crippen LogP contribution in [0.25, 0.3) is 11.0 Å². The predicted molar refractivity (Wildman–Crippen MR) is 124 cm³/mol. The number of nitrogen functional groups attached to an aromatic ring is 1. The lowest BCUT2D eigenvalue weighted by Gasteiger charge is -2.28. The number of ether oxygens (including phenoxy) is 1. The van der Waals surface area contributed by atoms with Gasteiger partial charge in [-0.2, -0.15) is 0 Å². The first-order chi connectivity index (χ1) is 15.1. The number of amidine groups is 1. The Morgan fingerprint density at radius 3 is 2.58 bits per heavy atom. The van der Waals surface area contributed by atoms with Gasteiger partial charge in [-0.1, -0.05) is 0 Å². The molecular formula is C22H31N7O2. The summed E-state index contributed by atoms with van der Waals surface area (Å²) in [6.45, 7) is 5.67. The van der Waals surface area contributed by atoms with E-state index in [4.69, 9.17) is 10.5 Å². The van der Waals surface area contributed by atoms with Gasteiger partial charge in [0, 0.05) is 37.3 Å². The van der Waals surface area contributed by atoms with E-state index in [1.807, 2.05) is 26.0 Å². The molecule has 0 radical (unpaired) electrons. The summed E-state index contributed by atoms with van der Waals surface area (Å²) in [4.78, 5) is 28.9. The minimum Gasteiger partial charge on any atom is -0.399 e. The second kappa shape index (κ2) is 11.4. The molecule has 1 saturated carbocycles. The summed E-state index contributed by atoms with van der Waals surface area (Å²) in [5, 5.41) is 6.13. The van der Waals surface area contributed by atoms with Gasteiger partial charge in [0.25, 0.3) is 0 Å². The molecule has 9 nitrogen and oxygen atoms in total. The van der Waals surface area contributed by atoms with E-state index in [9.17, 15) is 4.79 Å². The van der Waals surface area contributed by atoms with Gasteiger partial charge in [0.2, 0.25) is 5.91 Å². The minimum absolute atomic E-state index is 0.0521. The standard InChI is InChI=1S/C18H21N7O.C4H10O/c19-11-7-14-18(21-6-5-20-14)15(8-11)24-12-1-3-13(4-2-12)25-16-9-17(26)23-10-22-16;1-3-5-4-2/h5-8,10,12-13,24H,1-4,9,19H2,(H,22,23,25,26);3-4H2,1-2H3. The van der Waals surface area contributed by atoms with Crippen LogP contribution in [0.1, 0.15) is 46.0 Å². The van der Waals surface area contributed by atoms with Crippen LogP contribution in [-0.4, -0.2) is 53.3 Å². The van der Waals surface area contributed by atoms with Crippen molar-refractivity contribution < 1.29 is 9.53 Å². The number of anilines is 2. The predicted octanol–water partition coefficient (Wildman–Crippen LogP) is 2.92. The quantitative estimate of drug-likeness (QED) is 0.632. The second-order valence-electron chi connectivity index (χ2n) is 7.47. The smallest absolute Gasteiger partial charge is 0.232 e. The molecule has 4 rings (SSSR count). The van der Waals surface area contributed by atoms with Crippen molar-refractivity contribution in [1.29, 1.82) is 0 Å². The number of carbonyl (C=O) groups is 1. The van der Waals surface area contributed by atoms with Crippen LogP contribution in [0, 0.1) is 0 Å². The number of hydrogen-bond donors (Lipinski definition) is 3. The Balaban J connectivity index is 0.000000491. The summed E-state index contributed by atoms with van der Waals surface area (Å²) in [5.41, 5.74) is 9.23. The zero-order valence-corrected chi connectivity index (χ0v) is 18.2. The Morgan fingerprint density at radius 1 is 1.16 bits per heavy atom. The van der Waals surface area contributed by atoms with Gasteiger partial charge in [-0.15, -0.1) is 0 Å². The summed E-state index contributed by atoms with van der Waals surface area (Å²) in [6.07, 6.45) is 8.96. The number of hydrogen-bond acceptors (Lipinski definition) is 7.